The lowest BCUT2D eigenvalue weighted by atomic mass is 10.1. The smallest absolute Gasteiger partial charge is 0.153 e. The molecule has 2 aromatic rings. The molecular formula is C22H29O3P. The first-order chi connectivity index (χ1) is 12.5. The molecule has 2 atom stereocenters. The molecule has 0 aliphatic rings. The molecule has 3 nitrogen and oxygen atoms in total. The zero-order chi connectivity index (χ0) is 19.0. The zero-order valence-electron chi connectivity index (χ0n) is 15.7. The van der Waals surface area contributed by atoms with E-state index in [0.717, 1.165) is 23.5 Å². The van der Waals surface area contributed by atoms with E-state index in [2.05, 4.69) is 6.92 Å². The lowest BCUT2D eigenvalue weighted by Gasteiger charge is -2.28. The lowest BCUT2D eigenvalue weighted by Crippen LogP contribution is -2.32. The first-order valence-corrected chi connectivity index (χ1v) is 11.2. The molecule has 140 valence electrons. The fraction of sp³-hybridized carbons (Fsp3) is 0.409. The summed E-state index contributed by atoms with van der Waals surface area (Å²) in [7, 11) is -3.11. The average Bonchev–Trinajstić information content (AvgIpc) is 2.67. The van der Waals surface area contributed by atoms with Crippen molar-refractivity contribution in [2.24, 2.45) is 0 Å². The van der Waals surface area contributed by atoms with Crippen molar-refractivity contribution in [3.63, 3.8) is 0 Å². The Morgan fingerprint density at radius 3 is 1.88 bits per heavy atom. The van der Waals surface area contributed by atoms with E-state index in [1.165, 1.54) is 0 Å². The van der Waals surface area contributed by atoms with E-state index in [1.54, 1.807) is 6.92 Å². The maximum absolute atomic E-state index is 14.4. The molecule has 0 heterocycles. The minimum Gasteiger partial charge on any atom is -0.393 e. The second-order valence-electron chi connectivity index (χ2n) is 6.84. The molecule has 0 aromatic heterocycles. The summed E-state index contributed by atoms with van der Waals surface area (Å²) in [5.74, 6) is -0.00427. The van der Waals surface area contributed by atoms with Crippen LogP contribution in [0.2, 0.25) is 0 Å². The highest BCUT2D eigenvalue weighted by Gasteiger charge is 2.40. The van der Waals surface area contributed by atoms with E-state index in [-0.39, 0.29) is 12.2 Å². The van der Waals surface area contributed by atoms with Gasteiger partial charge in [-0.05, 0) is 19.8 Å². The quantitative estimate of drug-likeness (QED) is 0.633. The van der Waals surface area contributed by atoms with Gasteiger partial charge in [-0.25, -0.2) is 0 Å². The van der Waals surface area contributed by atoms with E-state index >= 15 is 0 Å². The van der Waals surface area contributed by atoms with Crippen molar-refractivity contribution in [2.45, 2.75) is 57.7 Å². The Balaban J connectivity index is 2.51. The van der Waals surface area contributed by atoms with Crippen molar-refractivity contribution in [2.75, 3.05) is 0 Å². The van der Waals surface area contributed by atoms with Crippen molar-refractivity contribution >= 4 is 23.5 Å². The molecule has 0 aliphatic heterocycles. The Morgan fingerprint density at radius 2 is 1.46 bits per heavy atom. The Kier molecular flexibility index (Phi) is 7.81. The van der Waals surface area contributed by atoms with Crippen LogP contribution in [0.25, 0.3) is 0 Å². The Hall–Kier alpha value is -1.70. The minimum absolute atomic E-state index is 0.00427. The SMILES string of the molecule is CCCCC(C(=O)CCC(C)O)P(=O)(c1ccccc1)c1ccccc1. The summed E-state index contributed by atoms with van der Waals surface area (Å²) in [5, 5.41) is 11.0. The third kappa shape index (κ3) is 4.93. The van der Waals surface area contributed by atoms with Crippen molar-refractivity contribution < 1.29 is 14.5 Å². The summed E-state index contributed by atoms with van der Waals surface area (Å²) in [6.07, 6.45) is 2.55. The second kappa shape index (κ2) is 9.85. The molecule has 0 fully saturated rings. The molecule has 2 rings (SSSR count). The number of hydrogen-bond donors (Lipinski definition) is 1. The number of carbonyl (C=O) groups excluding carboxylic acids is 1. The fourth-order valence-corrected chi connectivity index (χ4v) is 6.60. The molecule has 2 aromatic carbocycles. The number of aliphatic hydroxyl groups excluding tert-OH is 1. The van der Waals surface area contributed by atoms with Crippen LogP contribution >= 0.6 is 7.14 Å². The van der Waals surface area contributed by atoms with Gasteiger partial charge in [0.2, 0.25) is 0 Å². The van der Waals surface area contributed by atoms with E-state index in [0.29, 0.717) is 12.8 Å². The monoisotopic (exact) mass is 372 g/mol. The van der Waals surface area contributed by atoms with Crippen LogP contribution in [0.3, 0.4) is 0 Å². The molecule has 1 N–H and O–H groups in total. The van der Waals surface area contributed by atoms with E-state index in [1.807, 2.05) is 60.7 Å². The predicted molar refractivity (Wildman–Crippen MR) is 109 cm³/mol. The van der Waals surface area contributed by atoms with Gasteiger partial charge < -0.3 is 9.67 Å². The van der Waals surface area contributed by atoms with Crippen molar-refractivity contribution in [1.29, 1.82) is 0 Å². The fourth-order valence-electron chi connectivity index (χ4n) is 3.27. The van der Waals surface area contributed by atoms with Crippen LogP contribution in [-0.4, -0.2) is 22.7 Å². The number of unbranched alkanes of at least 4 members (excludes halogenated alkanes) is 1. The summed E-state index contributed by atoms with van der Waals surface area (Å²) >= 11 is 0. The van der Waals surface area contributed by atoms with Crippen LogP contribution in [0.1, 0.15) is 46.0 Å². The van der Waals surface area contributed by atoms with Crippen LogP contribution in [0.4, 0.5) is 0 Å². The number of aliphatic hydroxyl groups is 1. The standard InChI is InChI=1S/C22H29O3P/c1-3-4-15-22(21(24)17-16-18(2)23)26(25,19-11-7-5-8-12-19)20-13-9-6-10-14-20/h5-14,18,22-23H,3-4,15-17H2,1-2H3. The third-order valence-corrected chi connectivity index (χ3v) is 8.28. The van der Waals surface area contributed by atoms with Crippen LogP contribution in [-0.2, 0) is 9.36 Å². The van der Waals surface area contributed by atoms with Crippen molar-refractivity contribution in [3.8, 4) is 0 Å². The Morgan fingerprint density at radius 1 is 0.962 bits per heavy atom. The molecule has 2 unspecified atom stereocenters. The van der Waals surface area contributed by atoms with Gasteiger partial charge in [0, 0.05) is 17.0 Å². The molecule has 0 spiro atoms. The van der Waals surface area contributed by atoms with Gasteiger partial charge in [-0.2, -0.15) is 0 Å². The van der Waals surface area contributed by atoms with Crippen LogP contribution < -0.4 is 10.6 Å². The number of ketones is 1. The van der Waals surface area contributed by atoms with Gasteiger partial charge in [0.15, 0.2) is 7.14 Å². The summed E-state index contributed by atoms with van der Waals surface area (Å²) < 4.78 is 14.4. The molecule has 0 saturated heterocycles. The number of hydrogen-bond acceptors (Lipinski definition) is 3. The van der Waals surface area contributed by atoms with Crippen LogP contribution in [0.5, 0.6) is 0 Å². The summed E-state index contributed by atoms with van der Waals surface area (Å²) in [4.78, 5) is 13.1. The number of rotatable bonds is 10. The van der Waals surface area contributed by atoms with Crippen LogP contribution in [0, 0.1) is 0 Å². The van der Waals surface area contributed by atoms with Gasteiger partial charge >= 0.3 is 0 Å². The van der Waals surface area contributed by atoms with E-state index in [4.69, 9.17) is 0 Å². The number of carbonyl (C=O) groups is 1. The van der Waals surface area contributed by atoms with Gasteiger partial charge in [0.05, 0.1) is 11.8 Å². The van der Waals surface area contributed by atoms with Gasteiger partial charge in [-0.15, -0.1) is 0 Å². The summed E-state index contributed by atoms with van der Waals surface area (Å²) in [6, 6.07) is 18.8. The maximum Gasteiger partial charge on any atom is 0.153 e. The average molecular weight is 372 g/mol. The van der Waals surface area contributed by atoms with Crippen molar-refractivity contribution in [1.82, 2.24) is 0 Å². The van der Waals surface area contributed by atoms with E-state index < -0.39 is 18.9 Å². The molecule has 26 heavy (non-hydrogen) atoms. The minimum atomic E-state index is -3.11. The second-order valence-corrected chi connectivity index (χ2v) is 9.81. The molecule has 0 amide bonds. The molecule has 4 heteroatoms. The molecule has 0 bridgehead atoms. The van der Waals surface area contributed by atoms with Crippen LogP contribution in [0.15, 0.2) is 60.7 Å². The lowest BCUT2D eigenvalue weighted by molar-refractivity contribution is -0.119. The highest BCUT2D eigenvalue weighted by molar-refractivity contribution is 7.80. The maximum atomic E-state index is 14.4. The van der Waals surface area contributed by atoms with E-state index in [9.17, 15) is 14.5 Å². The highest BCUT2D eigenvalue weighted by Crippen LogP contribution is 2.51. The first kappa shape index (κ1) is 20.6. The zero-order valence-corrected chi connectivity index (χ0v) is 16.6. The molecule has 0 radical (unpaired) electrons. The molecule has 0 saturated carbocycles. The Labute approximate surface area is 156 Å². The summed E-state index contributed by atoms with van der Waals surface area (Å²) in [5.41, 5.74) is -0.536. The number of Topliss-reactive ketones (excluding diaryl/α,β-unsaturated/α-hetero) is 1. The molecular weight excluding hydrogens is 343 g/mol. The Bertz CT molecular complexity index is 682. The molecule has 0 aliphatic carbocycles. The topological polar surface area (TPSA) is 54.4 Å². The van der Waals surface area contributed by atoms with Gasteiger partial charge in [-0.1, -0.05) is 80.4 Å². The van der Waals surface area contributed by atoms with Crippen molar-refractivity contribution in [3.05, 3.63) is 60.7 Å². The van der Waals surface area contributed by atoms with Gasteiger partial charge in [0.25, 0.3) is 0 Å². The predicted octanol–water partition coefficient (Wildman–Crippen LogP) is 4.29. The van der Waals surface area contributed by atoms with Gasteiger partial charge in [-0.3, -0.25) is 4.79 Å². The highest BCUT2D eigenvalue weighted by atomic mass is 31.2. The normalized spacial score (nSPS) is 14.0. The third-order valence-electron chi connectivity index (χ3n) is 4.73. The summed E-state index contributed by atoms with van der Waals surface area (Å²) in [6.45, 7) is 3.76. The largest absolute Gasteiger partial charge is 0.393 e. The first-order valence-electron chi connectivity index (χ1n) is 9.41. The van der Waals surface area contributed by atoms with Gasteiger partial charge in [0.1, 0.15) is 5.78 Å². The number of benzene rings is 2.